The van der Waals surface area contributed by atoms with Crippen LogP contribution in [0.2, 0.25) is 5.02 Å². The molecule has 2 nitrogen and oxygen atoms in total. The van der Waals surface area contributed by atoms with E-state index in [0.29, 0.717) is 6.54 Å². The van der Waals surface area contributed by atoms with Crippen LogP contribution in [0.1, 0.15) is 36.5 Å². The maximum atomic E-state index is 13.2. The molecule has 0 aliphatic carbocycles. The van der Waals surface area contributed by atoms with Gasteiger partial charge in [-0.2, -0.15) is 0 Å². The molecular weight excluding hydrogens is 260 g/mol. The molecule has 1 aliphatic heterocycles. The third kappa shape index (κ3) is 2.48. The van der Waals surface area contributed by atoms with E-state index in [1.807, 2.05) is 6.92 Å². The highest BCUT2D eigenvalue weighted by molar-refractivity contribution is 6.33. The van der Waals surface area contributed by atoms with Crippen LogP contribution < -0.4 is 0 Å². The van der Waals surface area contributed by atoms with E-state index >= 15 is 0 Å². The molecule has 18 heavy (non-hydrogen) atoms. The topological polar surface area (TPSA) is 20.3 Å². The number of amides is 1. The summed E-state index contributed by atoms with van der Waals surface area (Å²) in [5.74, 6) is -2.42. The van der Waals surface area contributed by atoms with Gasteiger partial charge in [0.2, 0.25) is 0 Å². The molecule has 1 atom stereocenters. The average molecular weight is 274 g/mol. The van der Waals surface area contributed by atoms with Crippen LogP contribution in [0.25, 0.3) is 0 Å². The number of benzene rings is 1. The molecule has 1 heterocycles. The van der Waals surface area contributed by atoms with Crippen LogP contribution in [-0.2, 0) is 0 Å². The largest absolute Gasteiger partial charge is 0.336 e. The predicted octanol–water partition coefficient (Wildman–Crippen LogP) is 3.63. The van der Waals surface area contributed by atoms with Crippen LogP contribution >= 0.6 is 11.6 Å². The van der Waals surface area contributed by atoms with Crippen molar-refractivity contribution in [3.05, 3.63) is 34.4 Å². The number of carbonyl (C=O) groups is 1. The molecule has 1 amide bonds. The summed E-state index contributed by atoms with van der Waals surface area (Å²) in [6.45, 7) is 2.58. The summed E-state index contributed by atoms with van der Waals surface area (Å²) in [5, 5.41) is -0.0447. The Hall–Kier alpha value is -1.16. The maximum Gasteiger partial charge on any atom is 0.255 e. The van der Waals surface area contributed by atoms with Crippen molar-refractivity contribution in [2.24, 2.45) is 0 Å². The number of carbonyl (C=O) groups excluding carboxylic acids is 1. The van der Waals surface area contributed by atoms with Crippen LogP contribution in [0, 0.1) is 11.6 Å². The summed E-state index contributed by atoms with van der Waals surface area (Å²) >= 11 is 5.81. The van der Waals surface area contributed by atoms with Gasteiger partial charge in [0.05, 0.1) is 10.6 Å². The van der Waals surface area contributed by atoms with E-state index in [4.69, 9.17) is 11.6 Å². The Morgan fingerprint density at radius 2 is 2.00 bits per heavy atom. The van der Waals surface area contributed by atoms with Gasteiger partial charge in [0.1, 0.15) is 0 Å². The molecule has 1 aliphatic rings. The summed E-state index contributed by atoms with van der Waals surface area (Å²) in [4.78, 5) is 13.9. The standard InChI is InChI=1S/C13H14ClF2NO/c1-8-4-2-3-5-17(8)13(18)9-6-11(15)12(16)7-10(9)14/h6-8H,2-5H2,1H3/t8-/m0/s1. The molecule has 0 aromatic heterocycles. The van der Waals surface area contributed by atoms with E-state index in [-0.39, 0.29) is 22.5 Å². The molecule has 1 aromatic carbocycles. The SMILES string of the molecule is C[C@H]1CCCCN1C(=O)c1cc(F)c(F)cc1Cl. The zero-order valence-corrected chi connectivity index (χ0v) is 10.8. The van der Waals surface area contributed by atoms with Gasteiger partial charge in [-0.3, -0.25) is 4.79 Å². The molecule has 0 radical (unpaired) electrons. The smallest absolute Gasteiger partial charge is 0.255 e. The molecule has 5 heteroatoms. The monoisotopic (exact) mass is 273 g/mol. The van der Waals surface area contributed by atoms with Crippen molar-refractivity contribution in [1.82, 2.24) is 4.90 Å². The first kappa shape index (κ1) is 13.3. The normalized spacial score (nSPS) is 20.0. The Labute approximate surface area is 110 Å². The highest BCUT2D eigenvalue weighted by Gasteiger charge is 2.26. The van der Waals surface area contributed by atoms with E-state index in [2.05, 4.69) is 0 Å². The first-order chi connectivity index (χ1) is 8.50. The van der Waals surface area contributed by atoms with E-state index in [9.17, 15) is 13.6 Å². The predicted molar refractivity (Wildman–Crippen MR) is 65.7 cm³/mol. The Morgan fingerprint density at radius 1 is 1.33 bits per heavy atom. The fraction of sp³-hybridized carbons (Fsp3) is 0.462. The van der Waals surface area contributed by atoms with Crippen molar-refractivity contribution >= 4 is 17.5 Å². The Morgan fingerprint density at radius 3 is 2.67 bits per heavy atom. The van der Waals surface area contributed by atoms with Gasteiger partial charge in [0.25, 0.3) is 5.91 Å². The summed E-state index contributed by atoms with van der Waals surface area (Å²) in [7, 11) is 0. The second-order valence-corrected chi connectivity index (χ2v) is 5.00. The van der Waals surface area contributed by atoms with Crippen LogP contribution in [0.5, 0.6) is 0 Å². The fourth-order valence-electron chi connectivity index (χ4n) is 2.24. The summed E-state index contributed by atoms with van der Waals surface area (Å²) < 4.78 is 26.1. The van der Waals surface area contributed by atoms with Gasteiger partial charge >= 0.3 is 0 Å². The zero-order valence-electron chi connectivity index (χ0n) is 10.0. The number of likely N-dealkylation sites (tertiary alicyclic amines) is 1. The van der Waals surface area contributed by atoms with Crippen molar-refractivity contribution in [1.29, 1.82) is 0 Å². The molecule has 2 rings (SSSR count). The van der Waals surface area contributed by atoms with Gasteiger partial charge in [-0.25, -0.2) is 8.78 Å². The number of piperidine rings is 1. The molecule has 1 aromatic rings. The minimum absolute atomic E-state index is 0.0318. The van der Waals surface area contributed by atoms with Crippen LogP contribution in [0.15, 0.2) is 12.1 Å². The molecule has 0 unspecified atom stereocenters. The van der Waals surface area contributed by atoms with Crippen molar-refractivity contribution in [2.45, 2.75) is 32.2 Å². The molecule has 0 bridgehead atoms. The fourth-order valence-corrected chi connectivity index (χ4v) is 2.47. The minimum atomic E-state index is -1.05. The molecule has 0 saturated carbocycles. The molecular formula is C13H14ClF2NO. The molecule has 0 spiro atoms. The second-order valence-electron chi connectivity index (χ2n) is 4.59. The summed E-state index contributed by atoms with van der Waals surface area (Å²) in [6.07, 6.45) is 2.93. The van der Waals surface area contributed by atoms with Crippen molar-refractivity contribution in [3.8, 4) is 0 Å². The lowest BCUT2D eigenvalue weighted by Crippen LogP contribution is -2.42. The number of hydrogen-bond acceptors (Lipinski definition) is 1. The van der Waals surface area contributed by atoms with Gasteiger partial charge in [-0.1, -0.05) is 11.6 Å². The number of nitrogens with zero attached hydrogens (tertiary/aromatic N) is 1. The van der Waals surface area contributed by atoms with Crippen molar-refractivity contribution < 1.29 is 13.6 Å². The van der Waals surface area contributed by atoms with Gasteiger partial charge < -0.3 is 4.90 Å². The van der Waals surface area contributed by atoms with Gasteiger partial charge in [-0.05, 0) is 38.3 Å². The lowest BCUT2D eigenvalue weighted by Gasteiger charge is -2.33. The summed E-state index contributed by atoms with van der Waals surface area (Å²) in [6, 6.07) is 1.83. The van der Waals surface area contributed by atoms with Crippen molar-refractivity contribution in [2.75, 3.05) is 6.54 Å². The molecule has 1 fully saturated rings. The van der Waals surface area contributed by atoms with E-state index in [1.54, 1.807) is 4.90 Å². The first-order valence-corrected chi connectivity index (χ1v) is 6.34. The molecule has 0 N–H and O–H groups in total. The third-order valence-electron chi connectivity index (χ3n) is 3.30. The highest BCUT2D eigenvalue weighted by Crippen LogP contribution is 2.25. The van der Waals surface area contributed by atoms with Gasteiger partial charge in [0.15, 0.2) is 11.6 Å². The Bertz CT molecular complexity index is 478. The van der Waals surface area contributed by atoms with Gasteiger partial charge in [-0.15, -0.1) is 0 Å². The number of hydrogen-bond donors (Lipinski definition) is 0. The Balaban J connectivity index is 2.30. The molecule has 98 valence electrons. The molecule has 1 saturated heterocycles. The van der Waals surface area contributed by atoms with Crippen molar-refractivity contribution in [3.63, 3.8) is 0 Å². The maximum absolute atomic E-state index is 13.2. The van der Waals surface area contributed by atoms with E-state index in [0.717, 1.165) is 31.4 Å². The van der Waals surface area contributed by atoms with Crippen LogP contribution in [0.4, 0.5) is 8.78 Å². The average Bonchev–Trinajstić information content (AvgIpc) is 2.33. The van der Waals surface area contributed by atoms with E-state index in [1.165, 1.54) is 0 Å². The van der Waals surface area contributed by atoms with E-state index < -0.39 is 11.6 Å². The minimum Gasteiger partial charge on any atom is -0.336 e. The first-order valence-electron chi connectivity index (χ1n) is 5.96. The number of rotatable bonds is 1. The third-order valence-corrected chi connectivity index (χ3v) is 3.62. The quantitative estimate of drug-likeness (QED) is 0.716. The van der Waals surface area contributed by atoms with Crippen LogP contribution in [0.3, 0.4) is 0 Å². The number of halogens is 3. The Kier molecular flexibility index (Phi) is 3.85. The van der Waals surface area contributed by atoms with Crippen LogP contribution in [-0.4, -0.2) is 23.4 Å². The lowest BCUT2D eigenvalue weighted by atomic mass is 10.0. The highest BCUT2D eigenvalue weighted by atomic mass is 35.5. The second kappa shape index (κ2) is 5.22. The lowest BCUT2D eigenvalue weighted by molar-refractivity contribution is 0.0635. The zero-order chi connectivity index (χ0) is 13.3. The summed E-state index contributed by atoms with van der Waals surface area (Å²) in [5.41, 5.74) is 0.0318. The van der Waals surface area contributed by atoms with Gasteiger partial charge in [0, 0.05) is 12.6 Å².